The van der Waals surface area contributed by atoms with Crippen molar-refractivity contribution in [3.8, 4) is 0 Å². The number of ether oxygens (including phenoxy) is 1. The molecule has 24 heavy (non-hydrogen) atoms. The zero-order valence-electron chi connectivity index (χ0n) is 13.2. The van der Waals surface area contributed by atoms with Gasteiger partial charge in [0.25, 0.3) is 5.91 Å². The molecule has 0 bridgehead atoms. The van der Waals surface area contributed by atoms with E-state index in [0.717, 1.165) is 30.9 Å². The Morgan fingerprint density at radius 1 is 1.17 bits per heavy atom. The SMILES string of the molecule is O=C(NCCc1ccc(Cl)cc1)c1cnc(N2CCOCC2)cn1. The van der Waals surface area contributed by atoms with Crippen LogP contribution < -0.4 is 10.2 Å². The zero-order valence-corrected chi connectivity index (χ0v) is 14.0. The molecule has 1 N–H and O–H groups in total. The first-order chi connectivity index (χ1) is 11.7. The van der Waals surface area contributed by atoms with E-state index in [-0.39, 0.29) is 5.91 Å². The third-order valence-corrected chi connectivity index (χ3v) is 4.07. The van der Waals surface area contributed by atoms with Crippen LogP contribution in [0.15, 0.2) is 36.7 Å². The molecule has 0 unspecified atom stereocenters. The van der Waals surface area contributed by atoms with Gasteiger partial charge in [-0.05, 0) is 24.1 Å². The molecule has 0 aliphatic carbocycles. The van der Waals surface area contributed by atoms with Gasteiger partial charge in [0.2, 0.25) is 0 Å². The second-order valence-electron chi connectivity index (χ2n) is 5.49. The van der Waals surface area contributed by atoms with E-state index in [1.807, 2.05) is 24.3 Å². The number of anilines is 1. The van der Waals surface area contributed by atoms with Gasteiger partial charge in [0.15, 0.2) is 0 Å². The van der Waals surface area contributed by atoms with Gasteiger partial charge in [0.05, 0.1) is 25.6 Å². The first-order valence-corrected chi connectivity index (χ1v) is 8.27. The Morgan fingerprint density at radius 3 is 2.58 bits per heavy atom. The van der Waals surface area contributed by atoms with E-state index in [1.54, 1.807) is 6.20 Å². The molecule has 6 nitrogen and oxygen atoms in total. The first-order valence-electron chi connectivity index (χ1n) is 7.90. The topological polar surface area (TPSA) is 67.4 Å². The van der Waals surface area contributed by atoms with Gasteiger partial charge >= 0.3 is 0 Å². The van der Waals surface area contributed by atoms with Crippen LogP contribution >= 0.6 is 11.6 Å². The Balaban J connectivity index is 1.50. The Labute approximate surface area is 145 Å². The molecule has 1 saturated heterocycles. The number of rotatable bonds is 5. The lowest BCUT2D eigenvalue weighted by Gasteiger charge is -2.27. The van der Waals surface area contributed by atoms with E-state index in [0.29, 0.717) is 30.5 Å². The van der Waals surface area contributed by atoms with Crippen molar-refractivity contribution in [3.63, 3.8) is 0 Å². The normalized spacial score (nSPS) is 14.5. The monoisotopic (exact) mass is 346 g/mol. The molecule has 3 rings (SSSR count). The number of carbonyl (C=O) groups is 1. The largest absolute Gasteiger partial charge is 0.378 e. The maximum absolute atomic E-state index is 12.1. The molecule has 1 aromatic heterocycles. The van der Waals surface area contributed by atoms with Crippen molar-refractivity contribution in [2.45, 2.75) is 6.42 Å². The summed E-state index contributed by atoms with van der Waals surface area (Å²) in [6.07, 6.45) is 3.89. The molecular formula is C17H19ClN4O2. The standard InChI is InChI=1S/C17H19ClN4O2/c18-14-3-1-13(2-4-14)5-6-19-17(23)15-11-21-16(12-20-15)22-7-9-24-10-8-22/h1-4,11-12H,5-10H2,(H,19,23). The van der Waals surface area contributed by atoms with Gasteiger partial charge in [-0.2, -0.15) is 0 Å². The van der Waals surface area contributed by atoms with Crippen LogP contribution in [-0.4, -0.2) is 48.7 Å². The molecule has 1 aliphatic rings. The van der Waals surface area contributed by atoms with Crippen molar-refractivity contribution in [3.05, 3.63) is 52.9 Å². The number of hydrogen-bond acceptors (Lipinski definition) is 5. The van der Waals surface area contributed by atoms with Gasteiger partial charge in [0.1, 0.15) is 11.5 Å². The van der Waals surface area contributed by atoms with Crippen LogP contribution in [0.2, 0.25) is 5.02 Å². The molecule has 2 aromatic rings. The molecule has 2 heterocycles. The maximum atomic E-state index is 12.1. The minimum absolute atomic E-state index is 0.218. The van der Waals surface area contributed by atoms with Gasteiger partial charge in [-0.25, -0.2) is 9.97 Å². The highest BCUT2D eigenvalue weighted by Gasteiger charge is 2.14. The number of carbonyl (C=O) groups excluding carboxylic acids is 1. The second kappa shape index (κ2) is 8.08. The highest BCUT2D eigenvalue weighted by Crippen LogP contribution is 2.11. The van der Waals surface area contributed by atoms with Crippen LogP contribution in [0.3, 0.4) is 0 Å². The van der Waals surface area contributed by atoms with Gasteiger partial charge in [0, 0.05) is 24.7 Å². The molecule has 1 amide bonds. The van der Waals surface area contributed by atoms with Gasteiger partial charge in [-0.3, -0.25) is 4.79 Å². The first kappa shape index (κ1) is 16.7. The molecule has 7 heteroatoms. The fourth-order valence-electron chi connectivity index (χ4n) is 2.46. The quantitative estimate of drug-likeness (QED) is 0.896. The minimum atomic E-state index is -0.218. The summed E-state index contributed by atoms with van der Waals surface area (Å²) in [4.78, 5) is 22.8. The molecular weight excluding hydrogens is 328 g/mol. The maximum Gasteiger partial charge on any atom is 0.271 e. The lowest BCUT2D eigenvalue weighted by molar-refractivity contribution is 0.0948. The average Bonchev–Trinajstić information content (AvgIpc) is 2.64. The fraction of sp³-hybridized carbons (Fsp3) is 0.353. The number of morpholine rings is 1. The molecule has 1 fully saturated rings. The highest BCUT2D eigenvalue weighted by atomic mass is 35.5. The lowest BCUT2D eigenvalue weighted by Crippen LogP contribution is -2.37. The summed E-state index contributed by atoms with van der Waals surface area (Å²) in [6.45, 7) is 3.50. The Kier molecular flexibility index (Phi) is 5.61. The summed E-state index contributed by atoms with van der Waals surface area (Å²) in [7, 11) is 0. The van der Waals surface area contributed by atoms with Crippen molar-refractivity contribution in [1.29, 1.82) is 0 Å². The highest BCUT2D eigenvalue weighted by molar-refractivity contribution is 6.30. The van der Waals surface area contributed by atoms with Crippen molar-refractivity contribution >= 4 is 23.3 Å². The van der Waals surface area contributed by atoms with Gasteiger partial charge < -0.3 is 15.0 Å². The van der Waals surface area contributed by atoms with Crippen LogP contribution in [-0.2, 0) is 11.2 Å². The molecule has 1 aromatic carbocycles. The summed E-state index contributed by atoms with van der Waals surface area (Å²) in [5.74, 6) is 0.556. The number of nitrogens with zero attached hydrogens (tertiary/aromatic N) is 3. The van der Waals surface area contributed by atoms with E-state index in [2.05, 4.69) is 20.2 Å². The van der Waals surface area contributed by atoms with Crippen LogP contribution in [0.5, 0.6) is 0 Å². The van der Waals surface area contributed by atoms with Crippen molar-refractivity contribution < 1.29 is 9.53 Å². The van der Waals surface area contributed by atoms with E-state index < -0.39 is 0 Å². The van der Waals surface area contributed by atoms with Crippen LogP contribution in [0.1, 0.15) is 16.1 Å². The minimum Gasteiger partial charge on any atom is -0.378 e. The lowest BCUT2D eigenvalue weighted by atomic mass is 10.1. The van der Waals surface area contributed by atoms with Crippen LogP contribution in [0.4, 0.5) is 5.82 Å². The van der Waals surface area contributed by atoms with Gasteiger partial charge in [-0.15, -0.1) is 0 Å². The number of amides is 1. The average molecular weight is 347 g/mol. The predicted octanol–water partition coefficient (Wildman–Crippen LogP) is 1.94. The van der Waals surface area contributed by atoms with E-state index >= 15 is 0 Å². The molecule has 126 valence electrons. The Hall–Kier alpha value is -2.18. The summed E-state index contributed by atoms with van der Waals surface area (Å²) < 4.78 is 5.31. The van der Waals surface area contributed by atoms with Crippen LogP contribution in [0, 0.1) is 0 Å². The number of nitrogens with one attached hydrogen (secondary N) is 1. The molecule has 1 aliphatic heterocycles. The zero-order chi connectivity index (χ0) is 16.8. The molecule has 0 atom stereocenters. The third-order valence-electron chi connectivity index (χ3n) is 3.82. The van der Waals surface area contributed by atoms with Crippen molar-refractivity contribution in [1.82, 2.24) is 15.3 Å². The molecule has 0 spiro atoms. The molecule has 0 radical (unpaired) electrons. The van der Waals surface area contributed by atoms with E-state index in [4.69, 9.17) is 16.3 Å². The van der Waals surface area contributed by atoms with Gasteiger partial charge in [-0.1, -0.05) is 23.7 Å². The van der Waals surface area contributed by atoms with Crippen molar-refractivity contribution in [2.24, 2.45) is 0 Å². The number of benzene rings is 1. The van der Waals surface area contributed by atoms with E-state index in [9.17, 15) is 4.79 Å². The summed E-state index contributed by atoms with van der Waals surface area (Å²) >= 11 is 5.85. The fourth-order valence-corrected chi connectivity index (χ4v) is 2.58. The third kappa shape index (κ3) is 4.43. The number of halogens is 1. The van der Waals surface area contributed by atoms with E-state index in [1.165, 1.54) is 6.20 Å². The predicted molar refractivity (Wildman–Crippen MR) is 92.6 cm³/mol. The number of hydrogen-bond donors (Lipinski definition) is 1. The number of aromatic nitrogens is 2. The Bertz CT molecular complexity index is 670. The summed E-state index contributed by atoms with van der Waals surface area (Å²) in [5.41, 5.74) is 1.44. The second-order valence-corrected chi connectivity index (χ2v) is 5.93. The molecule has 0 saturated carbocycles. The smallest absolute Gasteiger partial charge is 0.271 e. The van der Waals surface area contributed by atoms with Crippen LogP contribution in [0.25, 0.3) is 0 Å². The summed E-state index contributed by atoms with van der Waals surface area (Å²) in [5, 5.41) is 3.56. The van der Waals surface area contributed by atoms with Crippen molar-refractivity contribution in [2.75, 3.05) is 37.7 Å². The summed E-state index contributed by atoms with van der Waals surface area (Å²) in [6, 6.07) is 7.58. The Morgan fingerprint density at radius 2 is 1.92 bits per heavy atom.